The molecule has 1 N–H and O–H groups in total. The van der Waals surface area contributed by atoms with Crippen molar-refractivity contribution in [2.24, 2.45) is 29.6 Å². The highest BCUT2D eigenvalue weighted by Crippen LogP contribution is 2.38. The molecule has 27 heavy (non-hydrogen) atoms. The molecule has 4 nitrogen and oxygen atoms in total. The van der Waals surface area contributed by atoms with Crippen LogP contribution in [0.4, 0.5) is 0 Å². The van der Waals surface area contributed by atoms with E-state index in [2.05, 4.69) is 19.9 Å². The second-order valence-corrected chi connectivity index (χ2v) is 8.63. The van der Waals surface area contributed by atoms with E-state index < -0.39 is 6.10 Å². The molecule has 8 atom stereocenters. The van der Waals surface area contributed by atoms with Gasteiger partial charge >= 0.3 is 0 Å². The summed E-state index contributed by atoms with van der Waals surface area (Å²) in [4.78, 5) is 25.2. The second kappa shape index (κ2) is 10.5. The summed E-state index contributed by atoms with van der Waals surface area (Å²) in [6, 6.07) is 0. The lowest BCUT2D eigenvalue weighted by atomic mass is 9.73. The summed E-state index contributed by atoms with van der Waals surface area (Å²) in [5.74, 6) is -0.780. The number of aliphatic hydroxyl groups excluding tert-OH is 1. The van der Waals surface area contributed by atoms with Gasteiger partial charge in [0.2, 0.25) is 0 Å². The summed E-state index contributed by atoms with van der Waals surface area (Å²) in [5.41, 5.74) is 1.23. The fourth-order valence-corrected chi connectivity index (χ4v) is 4.51. The summed E-state index contributed by atoms with van der Waals surface area (Å²) < 4.78 is 6.33. The maximum absolute atomic E-state index is 13.0. The molecular weight excluding hydrogens is 340 g/mol. The van der Waals surface area contributed by atoms with Crippen LogP contribution in [0.25, 0.3) is 0 Å². The van der Waals surface area contributed by atoms with Gasteiger partial charge in [-0.2, -0.15) is 0 Å². The Kier molecular flexibility index (Phi) is 9.36. The normalized spacial score (nSPS) is 32.6. The zero-order chi connectivity index (χ0) is 20.9. The van der Waals surface area contributed by atoms with Crippen molar-refractivity contribution < 1.29 is 19.4 Å². The highest BCUT2D eigenvalue weighted by atomic mass is 16.5. The predicted octanol–water partition coefficient (Wildman–Crippen LogP) is 4.59. The molecule has 8 unspecified atom stereocenters. The van der Waals surface area contributed by atoms with Gasteiger partial charge in [0.15, 0.2) is 0 Å². The van der Waals surface area contributed by atoms with E-state index in [4.69, 9.17) is 4.74 Å². The predicted molar refractivity (Wildman–Crippen MR) is 109 cm³/mol. The van der Waals surface area contributed by atoms with Crippen LogP contribution >= 0.6 is 0 Å². The SMILES string of the molecule is CCCC(C)=CC(C)C(=O)C(C)C1OC(C(C)C(=O)CC)C(C)C(O)C1C. The van der Waals surface area contributed by atoms with Gasteiger partial charge in [0.25, 0.3) is 0 Å². The third-order valence-electron chi connectivity index (χ3n) is 6.35. The average Bonchev–Trinajstić information content (AvgIpc) is 2.64. The first-order valence-corrected chi connectivity index (χ1v) is 10.6. The zero-order valence-electron chi connectivity index (χ0n) is 18.5. The van der Waals surface area contributed by atoms with Crippen LogP contribution in [-0.4, -0.2) is 35.0 Å². The number of ketones is 2. The van der Waals surface area contributed by atoms with Crippen LogP contribution in [0.5, 0.6) is 0 Å². The van der Waals surface area contributed by atoms with Gasteiger partial charge in [0, 0.05) is 36.0 Å². The molecule has 0 aromatic carbocycles. The van der Waals surface area contributed by atoms with E-state index in [1.54, 1.807) is 0 Å². The van der Waals surface area contributed by atoms with E-state index in [1.807, 2.05) is 41.5 Å². The summed E-state index contributed by atoms with van der Waals surface area (Å²) in [6.07, 6.45) is 3.27. The molecule has 0 bridgehead atoms. The number of carbonyl (C=O) groups is 2. The van der Waals surface area contributed by atoms with Gasteiger partial charge in [0.05, 0.1) is 18.3 Å². The molecule has 1 aliphatic heterocycles. The first kappa shape index (κ1) is 24.0. The van der Waals surface area contributed by atoms with Gasteiger partial charge in [-0.25, -0.2) is 0 Å². The monoisotopic (exact) mass is 380 g/mol. The molecule has 1 fully saturated rings. The molecule has 0 amide bonds. The highest BCUT2D eigenvalue weighted by molar-refractivity contribution is 5.85. The van der Waals surface area contributed by atoms with Gasteiger partial charge in [-0.3, -0.25) is 9.59 Å². The van der Waals surface area contributed by atoms with Crippen LogP contribution in [0.3, 0.4) is 0 Å². The van der Waals surface area contributed by atoms with E-state index in [0.29, 0.717) is 6.42 Å². The Labute approximate surface area is 165 Å². The molecule has 1 aliphatic rings. The van der Waals surface area contributed by atoms with Gasteiger partial charge in [-0.05, 0) is 13.3 Å². The Morgan fingerprint density at radius 3 is 2.04 bits per heavy atom. The van der Waals surface area contributed by atoms with E-state index in [0.717, 1.165) is 12.8 Å². The Morgan fingerprint density at radius 1 is 1.04 bits per heavy atom. The van der Waals surface area contributed by atoms with Gasteiger partial charge < -0.3 is 9.84 Å². The number of carbonyl (C=O) groups excluding carboxylic acids is 2. The lowest BCUT2D eigenvalue weighted by Gasteiger charge is -2.46. The van der Waals surface area contributed by atoms with Crippen LogP contribution in [0.1, 0.15) is 74.7 Å². The molecule has 0 radical (unpaired) electrons. The maximum Gasteiger partial charge on any atom is 0.144 e. The highest BCUT2D eigenvalue weighted by Gasteiger charge is 2.46. The number of Topliss-reactive ketones (excluding diaryl/α,β-unsaturated/α-hetero) is 2. The Bertz CT molecular complexity index is 538. The van der Waals surface area contributed by atoms with Crippen LogP contribution < -0.4 is 0 Å². The summed E-state index contributed by atoms with van der Waals surface area (Å²) in [7, 11) is 0. The Balaban J connectivity index is 2.99. The van der Waals surface area contributed by atoms with Crippen molar-refractivity contribution in [1.82, 2.24) is 0 Å². The van der Waals surface area contributed by atoms with Gasteiger partial charge in [-0.1, -0.05) is 66.5 Å². The average molecular weight is 381 g/mol. The number of hydrogen-bond acceptors (Lipinski definition) is 4. The summed E-state index contributed by atoms with van der Waals surface area (Å²) in [6.45, 7) is 15.6. The fraction of sp³-hybridized carbons (Fsp3) is 0.826. The number of allylic oxidation sites excluding steroid dienone is 2. The number of hydrogen-bond donors (Lipinski definition) is 1. The van der Waals surface area contributed by atoms with Crippen molar-refractivity contribution >= 4 is 11.6 Å². The molecule has 1 rings (SSSR count). The topological polar surface area (TPSA) is 63.6 Å². The smallest absolute Gasteiger partial charge is 0.144 e. The molecule has 1 heterocycles. The van der Waals surface area contributed by atoms with Crippen molar-refractivity contribution in [2.75, 3.05) is 0 Å². The van der Waals surface area contributed by atoms with Crippen LogP contribution in [0.2, 0.25) is 0 Å². The Morgan fingerprint density at radius 2 is 1.56 bits per heavy atom. The van der Waals surface area contributed by atoms with E-state index >= 15 is 0 Å². The van der Waals surface area contributed by atoms with E-state index in [1.165, 1.54) is 5.57 Å². The molecule has 156 valence electrons. The Hall–Kier alpha value is -1.00. The maximum atomic E-state index is 13.0. The molecule has 0 aliphatic carbocycles. The van der Waals surface area contributed by atoms with Crippen LogP contribution in [0.15, 0.2) is 11.6 Å². The molecule has 0 spiro atoms. The molecule has 4 heteroatoms. The second-order valence-electron chi connectivity index (χ2n) is 8.63. The molecule has 1 saturated heterocycles. The van der Waals surface area contributed by atoms with E-state index in [-0.39, 0.29) is 53.4 Å². The largest absolute Gasteiger partial charge is 0.392 e. The van der Waals surface area contributed by atoms with Gasteiger partial charge in [-0.15, -0.1) is 0 Å². The van der Waals surface area contributed by atoms with E-state index in [9.17, 15) is 14.7 Å². The standard InChI is InChI=1S/C23H40O4/c1-9-11-13(3)12-14(4)20(25)16(6)23-18(8)21(26)17(7)22(27-23)15(5)19(24)10-2/h12,14-18,21-23,26H,9-11H2,1-8H3. The number of rotatable bonds is 9. The zero-order valence-corrected chi connectivity index (χ0v) is 18.5. The van der Waals surface area contributed by atoms with Gasteiger partial charge in [0.1, 0.15) is 11.6 Å². The van der Waals surface area contributed by atoms with Crippen LogP contribution in [0, 0.1) is 29.6 Å². The molecule has 0 saturated carbocycles. The van der Waals surface area contributed by atoms with Crippen molar-refractivity contribution in [3.8, 4) is 0 Å². The third-order valence-corrected chi connectivity index (χ3v) is 6.35. The minimum absolute atomic E-state index is 0.131. The quantitative estimate of drug-likeness (QED) is 0.594. The molecule has 0 aromatic rings. The van der Waals surface area contributed by atoms with Crippen molar-refractivity contribution in [3.05, 3.63) is 11.6 Å². The molecule has 0 aromatic heterocycles. The van der Waals surface area contributed by atoms with Crippen LogP contribution in [-0.2, 0) is 14.3 Å². The summed E-state index contributed by atoms with van der Waals surface area (Å²) >= 11 is 0. The lowest BCUT2D eigenvalue weighted by molar-refractivity contribution is -0.195. The van der Waals surface area contributed by atoms with Crippen molar-refractivity contribution in [2.45, 2.75) is 93.0 Å². The lowest BCUT2D eigenvalue weighted by Crippen LogP contribution is -2.55. The number of ether oxygens (including phenoxy) is 1. The minimum Gasteiger partial charge on any atom is -0.392 e. The first-order valence-electron chi connectivity index (χ1n) is 10.6. The third kappa shape index (κ3) is 5.74. The minimum atomic E-state index is -0.580. The van der Waals surface area contributed by atoms with Crippen molar-refractivity contribution in [3.63, 3.8) is 0 Å². The summed E-state index contributed by atoms with van der Waals surface area (Å²) in [5, 5.41) is 10.8. The van der Waals surface area contributed by atoms with Crippen molar-refractivity contribution in [1.29, 1.82) is 0 Å². The number of aliphatic hydroxyl groups is 1. The first-order chi connectivity index (χ1) is 12.6. The fourth-order valence-electron chi connectivity index (χ4n) is 4.51. The molecular formula is C23H40O4.